The van der Waals surface area contributed by atoms with E-state index in [0.29, 0.717) is 28.6 Å². The van der Waals surface area contributed by atoms with Gasteiger partial charge in [-0.05, 0) is 54.1 Å². The molecule has 0 aliphatic heterocycles. The Labute approximate surface area is 157 Å². The van der Waals surface area contributed by atoms with Gasteiger partial charge in [0.25, 0.3) is 5.91 Å². The van der Waals surface area contributed by atoms with E-state index in [0.717, 1.165) is 11.3 Å². The van der Waals surface area contributed by atoms with E-state index >= 15 is 0 Å². The normalized spacial score (nSPS) is 10.2. The lowest BCUT2D eigenvalue weighted by molar-refractivity contribution is 0.102. The zero-order valence-electron chi connectivity index (χ0n) is 14.2. The Morgan fingerprint density at radius 2 is 1.81 bits per heavy atom. The number of pyridine rings is 1. The van der Waals surface area contributed by atoms with Gasteiger partial charge in [-0.15, -0.1) is 0 Å². The number of amides is 1. The Kier molecular flexibility index (Phi) is 5.71. The van der Waals surface area contributed by atoms with Crippen molar-refractivity contribution in [3.8, 4) is 5.75 Å². The van der Waals surface area contributed by atoms with Crippen LogP contribution in [0, 0.1) is 0 Å². The highest BCUT2D eigenvalue weighted by Gasteiger charge is 2.08. The van der Waals surface area contributed by atoms with Crippen molar-refractivity contribution in [3.63, 3.8) is 0 Å². The number of hydrogen-bond donors (Lipinski definition) is 2. The van der Waals surface area contributed by atoms with E-state index in [4.69, 9.17) is 16.3 Å². The third kappa shape index (κ3) is 4.74. The molecule has 26 heavy (non-hydrogen) atoms. The molecule has 0 unspecified atom stereocenters. The number of carbonyl (C=O) groups excluding carboxylic acids is 1. The monoisotopic (exact) mass is 367 g/mol. The molecule has 0 spiro atoms. The number of rotatable bonds is 6. The molecule has 2 aromatic carbocycles. The van der Waals surface area contributed by atoms with E-state index in [9.17, 15) is 4.79 Å². The van der Waals surface area contributed by atoms with E-state index in [1.807, 2.05) is 24.3 Å². The summed E-state index contributed by atoms with van der Waals surface area (Å²) in [5.41, 5.74) is 2.29. The van der Waals surface area contributed by atoms with Crippen LogP contribution in [0.4, 0.5) is 11.5 Å². The molecule has 6 heteroatoms. The van der Waals surface area contributed by atoms with Crippen molar-refractivity contribution >= 4 is 29.0 Å². The van der Waals surface area contributed by atoms with Gasteiger partial charge in [0.15, 0.2) is 0 Å². The molecule has 0 saturated carbocycles. The Hall–Kier alpha value is -3.05. The van der Waals surface area contributed by atoms with Gasteiger partial charge >= 0.3 is 0 Å². The average Bonchev–Trinajstić information content (AvgIpc) is 2.68. The summed E-state index contributed by atoms with van der Waals surface area (Å²) in [7, 11) is 1.60. The summed E-state index contributed by atoms with van der Waals surface area (Å²) in [6.45, 7) is 0.591. The Balaban J connectivity index is 1.63. The Morgan fingerprint density at radius 1 is 1.08 bits per heavy atom. The fourth-order valence-corrected chi connectivity index (χ4v) is 2.47. The van der Waals surface area contributed by atoms with Crippen molar-refractivity contribution in [1.29, 1.82) is 0 Å². The van der Waals surface area contributed by atoms with Gasteiger partial charge in [0.2, 0.25) is 0 Å². The topological polar surface area (TPSA) is 63.2 Å². The molecule has 1 amide bonds. The molecule has 0 radical (unpaired) electrons. The van der Waals surface area contributed by atoms with Gasteiger partial charge in [0.1, 0.15) is 11.6 Å². The molecule has 0 fully saturated rings. The standard InChI is InChI=1S/C20H18ClN3O2/c1-26-18-8-6-17(7-9-18)24-20(25)15-10-11-22-19(12-15)23-13-14-2-4-16(21)5-3-14/h2-12H,13H2,1H3,(H,22,23)(H,24,25). The molecule has 0 aliphatic carbocycles. The number of nitrogens with one attached hydrogen (secondary N) is 2. The maximum absolute atomic E-state index is 12.4. The van der Waals surface area contributed by atoms with Crippen LogP contribution in [0.15, 0.2) is 66.9 Å². The lowest BCUT2D eigenvalue weighted by Crippen LogP contribution is -2.12. The van der Waals surface area contributed by atoms with E-state index in [-0.39, 0.29) is 5.91 Å². The van der Waals surface area contributed by atoms with Crippen molar-refractivity contribution < 1.29 is 9.53 Å². The highest BCUT2D eigenvalue weighted by Crippen LogP contribution is 2.17. The lowest BCUT2D eigenvalue weighted by atomic mass is 10.2. The van der Waals surface area contributed by atoms with Crippen LogP contribution < -0.4 is 15.4 Å². The molecule has 0 atom stereocenters. The van der Waals surface area contributed by atoms with Gasteiger partial charge < -0.3 is 15.4 Å². The first-order chi connectivity index (χ1) is 12.6. The Bertz CT molecular complexity index is 880. The molecule has 0 saturated heterocycles. The number of nitrogens with zero attached hydrogens (tertiary/aromatic N) is 1. The summed E-state index contributed by atoms with van der Waals surface area (Å²) in [6, 6.07) is 18.1. The maximum Gasteiger partial charge on any atom is 0.255 e. The first kappa shape index (κ1) is 17.8. The van der Waals surface area contributed by atoms with Gasteiger partial charge in [-0.3, -0.25) is 4.79 Å². The zero-order valence-corrected chi connectivity index (χ0v) is 15.0. The summed E-state index contributed by atoms with van der Waals surface area (Å²) in [4.78, 5) is 16.7. The minimum atomic E-state index is -0.202. The second-order valence-electron chi connectivity index (χ2n) is 5.59. The van der Waals surface area contributed by atoms with E-state index < -0.39 is 0 Å². The van der Waals surface area contributed by atoms with Crippen LogP contribution in [0.2, 0.25) is 5.02 Å². The molecule has 0 aliphatic rings. The number of carbonyl (C=O) groups is 1. The van der Waals surface area contributed by atoms with Gasteiger partial charge in [-0.25, -0.2) is 4.98 Å². The third-order valence-electron chi connectivity index (χ3n) is 3.76. The van der Waals surface area contributed by atoms with Gasteiger partial charge in [-0.1, -0.05) is 23.7 Å². The summed E-state index contributed by atoms with van der Waals surface area (Å²) in [5, 5.41) is 6.75. The van der Waals surface area contributed by atoms with Crippen molar-refractivity contribution in [2.45, 2.75) is 6.54 Å². The van der Waals surface area contributed by atoms with Crippen LogP contribution >= 0.6 is 11.6 Å². The summed E-state index contributed by atoms with van der Waals surface area (Å²) >= 11 is 5.88. The molecule has 5 nitrogen and oxygen atoms in total. The number of hydrogen-bond acceptors (Lipinski definition) is 4. The Morgan fingerprint density at radius 3 is 2.50 bits per heavy atom. The fraction of sp³-hybridized carbons (Fsp3) is 0.100. The van der Waals surface area contributed by atoms with E-state index in [1.54, 1.807) is 49.7 Å². The minimum absolute atomic E-state index is 0.202. The number of benzene rings is 2. The molecular weight excluding hydrogens is 350 g/mol. The van der Waals surface area contributed by atoms with Crippen LogP contribution in [0.3, 0.4) is 0 Å². The molecule has 0 bridgehead atoms. The highest BCUT2D eigenvalue weighted by molar-refractivity contribution is 6.30. The quantitative estimate of drug-likeness (QED) is 0.668. The number of anilines is 2. The van der Waals surface area contributed by atoms with Crippen molar-refractivity contribution in [3.05, 3.63) is 83.0 Å². The lowest BCUT2D eigenvalue weighted by Gasteiger charge is -2.09. The molecular formula is C20H18ClN3O2. The van der Waals surface area contributed by atoms with Crippen LogP contribution in [-0.2, 0) is 6.54 Å². The fourth-order valence-electron chi connectivity index (χ4n) is 2.34. The zero-order chi connectivity index (χ0) is 18.4. The van der Waals surface area contributed by atoms with E-state index in [2.05, 4.69) is 15.6 Å². The third-order valence-corrected chi connectivity index (χ3v) is 4.01. The van der Waals surface area contributed by atoms with Crippen molar-refractivity contribution in [1.82, 2.24) is 4.98 Å². The first-order valence-corrected chi connectivity index (χ1v) is 8.41. The predicted molar refractivity (Wildman–Crippen MR) is 104 cm³/mol. The van der Waals surface area contributed by atoms with Crippen LogP contribution in [0.1, 0.15) is 15.9 Å². The molecule has 3 rings (SSSR count). The SMILES string of the molecule is COc1ccc(NC(=O)c2ccnc(NCc3ccc(Cl)cc3)c2)cc1. The second kappa shape index (κ2) is 8.36. The van der Waals surface area contributed by atoms with E-state index in [1.165, 1.54) is 0 Å². The minimum Gasteiger partial charge on any atom is -0.497 e. The molecule has 3 aromatic rings. The first-order valence-electron chi connectivity index (χ1n) is 8.04. The largest absolute Gasteiger partial charge is 0.497 e. The number of halogens is 1. The summed E-state index contributed by atoms with van der Waals surface area (Å²) in [6.07, 6.45) is 1.60. The van der Waals surface area contributed by atoms with Gasteiger partial charge in [-0.2, -0.15) is 0 Å². The number of aromatic nitrogens is 1. The van der Waals surface area contributed by atoms with Gasteiger partial charge in [0.05, 0.1) is 7.11 Å². The maximum atomic E-state index is 12.4. The van der Waals surface area contributed by atoms with Crippen LogP contribution in [0.5, 0.6) is 5.75 Å². The smallest absolute Gasteiger partial charge is 0.255 e. The average molecular weight is 368 g/mol. The van der Waals surface area contributed by atoms with Crippen LogP contribution in [0.25, 0.3) is 0 Å². The predicted octanol–water partition coefficient (Wildman–Crippen LogP) is 4.61. The molecule has 1 heterocycles. The number of ether oxygens (including phenoxy) is 1. The van der Waals surface area contributed by atoms with Crippen LogP contribution in [-0.4, -0.2) is 18.0 Å². The van der Waals surface area contributed by atoms with Gasteiger partial charge in [0, 0.05) is 29.0 Å². The summed E-state index contributed by atoms with van der Waals surface area (Å²) in [5.74, 6) is 1.16. The van der Waals surface area contributed by atoms with Crippen molar-refractivity contribution in [2.75, 3.05) is 17.7 Å². The second-order valence-corrected chi connectivity index (χ2v) is 6.03. The summed E-state index contributed by atoms with van der Waals surface area (Å²) < 4.78 is 5.11. The highest BCUT2D eigenvalue weighted by atomic mass is 35.5. The molecule has 1 aromatic heterocycles. The molecule has 132 valence electrons. The van der Waals surface area contributed by atoms with Crippen molar-refractivity contribution in [2.24, 2.45) is 0 Å². The number of methoxy groups -OCH3 is 1. The molecule has 2 N–H and O–H groups in total.